The molecular formula is C32H33F2NO5S2. The predicted molar refractivity (Wildman–Crippen MR) is 163 cm³/mol. The van der Waals surface area contributed by atoms with Crippen LogP contribution in [0.5, 0.6) is 11.5 Å². The number of ether oxygens (including phenoxy) is 1. The standard InChI is InChI=1S/C32H33F2NO5S2/c1-41-32-28(19-23(33)20-29(32)34)27-12-8-22-18-25(40-42(2,37)38)11-13-26(22)30(27)31(36)21-6-9-24(10-7-21)39-17-16-35-14-4-3-5-15-35/h6-13,18-20,31,36H,3-5,14-17H2,1-2H3. The van der Waals surface area contributed by atoms with E-state index >= 15 is 0 Å². The van der Waals surface area contributed by atoms with Gasteiger partial charge in [-0.3, -0.25) is 4.90 Å². The van der Waals surface area contributed by atoms with Crippen molar-refractivity contribution in [1.29, 1.82) is 0 Å². The van der Waals surface area contributed by atoms with Crippen LogP contribution in [0, 0.1) is 11.6 Å². The average molecular weight is 614 g/mol. The minimum Gasteiger partial charge on any atom is -0.492 e. The summed E-state index contributed by atoms with van der Waals surface area (Å²) < 4.78 is 63.7. The number of fused-ring (bicyclic) bond motifs is 1. The van der Waals surface area contributed by atoms with Crippen molar-refractivity contribution < 1.29 is 31.2 Å². The quantitative estimate of drug-likeness (QED) is 0.156. The predicted octanol–water partition coefficient (Wildman–Crippen LogP) is 6.79. The van der Waals surface area contributed by atoms with E-state index in [0.717, 1.165) is 43.7 Å². The molecule has 0 radical (unpaired) electrons. The number of aliphatic hydroxyl groups is 1. The van der Waals surface area contributed by atoms with Gasteiger partial charge in [0.25, 0.3) is 0 Å². The highest BCUT2D eigenvalue weighted by molar-refractivity contribution is 7.98. The van der Waals surface area contributed by atoms with Gasteiger partial charge in [-0.1, -0.05) is 36.8 Å². The van der Waals surface area contributed by atoms with E-state index in [9.17, 15) is 22.3 Å². The van der Waals surface area contributed by atoms with Crippen molar-refractivity contribution in [3.05, 3.63) is 89.5 Å². The summed E-state index contributed by atoms with van der Waals surface area (Å²) in [6, 6.07) is 17.3. The highest BCUT2D eigenvalue weighted by Gasteiger charge is 2.23. The Morgan fingerprint density at radius 2 is 1.64 bits per heavy atom. The van der Waals surface area contributed by atoms with Gasteiger partial charge in [-0.15, -0.1) is 11.8 Å². The van der Waals surface area contributed by atoms with E-state index in [1.54, 1.807) is 54.8 Å². The van der Waals surface area contributed by atoms with Crippen molar-refractivity contribution in [2.45, 2.75) is 30.3 Å². The molecule has 42 heavy (non-hydrogen) atoms. The van der Waals surface area contributed by atoms with E-state index in [-0.39, 0.29) is 10.6 Å². The summed E-state index contributed by atoms with van der Waals surface area (Å²) in [5.74, 6) is -0.629. The first-order chi connectivity index (χ1) is 20.1. The number of hydrogen-bond donors (Lipinski definition) is 1. The topological polar surface area (TPSA) is 76.1 Å². The second kappa shape index (κ2) is 13.0. The first-order valence-electron chi connectivity index (χ1n) is 13.8. The molecule has 1 fully saturated rings. The molecule has 0 saturated carbocycles. The molecule has 6 nitrogen and oxygen atoms in total. The fourth-order valence-corrected chi connectivity index (χ4v) is 6.54. The zero-order chi connectivity index (χ0) is 29.9. The van der Waals surface area contributed by atoms with Gasteiger partial charge < -0.3 is 14.0 Å². The lowest BCUT2D eigenvalue weighted by Crippen LogP contribution is -2.33. The third kappa shape index (κ3) is 7.06. The van der Waals surface area contributed by atoms with Crippen molar-refractivity contribution >= 4 is 32.7 Å². The van der Waals surface area contributed by atoms with Crippen molar-refractivity contribution in [3.63, 3.8) is 0 Å². The molecule has 1 unspecified atom stereocenters. The summed E-state index contributed by atoms with van der Waals surface area (Å²) in [7, 11) is -3.75. The Morgan fingerprint density at radius 1 is 0.929 bits per heavy atom. The molecule has 0 aromatic heterocycles. The van der Waals surface area contributed by atoms with Crippen LogP contribution in [0.25, 0.3) is 21.9 Å². The molecule has 4 aromatic rings. The molecule has 0 spiro atoms. The van der Waals surface area contributed by atoms with E-state index in [1.165, 1.54) is 31.4 Å². The maximum atomic E-state index is 14.8. The largest absolute Gasteiger partial charge is 0.492 e. The monoisotopic (exact) mass is 613 g/mol. The van der Waals surface area contributed by atoms with E-state index in [1.807, 2.05) is 0 Å². The number of hydrogen-bond acceptors (Lipinski definition) is 7. The molecule has 0 aliphatic carbocycles. The van der Waals surface area contributed by atoms with Gasteiger partial charge in [0.2, 0.25) is 0 Å². The zero-order valence-corrected chi connectivity index (χ0v) is 25.1. The van der Waals surface area contributed by atoms with E-state index in [4.69, 9.17) is 8.92 Å². The third-order valence-corrected chi connectivity index (χ3v) is 8.70. The van der Waals surface area contributed by atoms with Crippen LogP contribution in [0.3, 0.4) is 0 Å². The van der Waals surface area contributed by atoms with Crippen LogP contribution in [0.4, 0.5) is 8.78 Å². The number of halogens is 2. The van der Waals surface area contributed by atoms with Gasteiger partial charge in [-0.05, 0) is 84.4 Å². The maximum absolute atomic E-state index is 14.8. The van der Waals surface area contributed by atoms with Gasteiger partial charge in [0, 0.05) is 23.7 Å². The zero-order valence-electron chi connectivity index (χ0n) is 23.5. The lowest BCUT2D eigenvalue weighted by molar-refractivity contribution is 0.183. The molecule has 222 valence electrons. The van der Waals surface area contributed by atoms with Crippen LogP contribution in [0.15, 0.2) is 71.6 Å². The Labute approximate surface area is 249 Å². The Morgan fingerprint density at radius 3 is 2.33 bits per heavy atom. The Balaban J connectivity index is 1.52. The smallest absolute Gasteiger partial charge is 0.306 e. The summed E-state index contributed by atoms with van der Waals surface area (Å²) in [4.78, 5) is 2.65. The summed E-state index contributed by atoms with van der Waals surface area (Å²) in [5.41, 5.74) is 1.75. The summed E-state index contributed by atoms with van der Waals surface area (Å²) in [5, 5.41) is 12.9. The van der Waals surface area contributed by atoms with Gasteiger partial charge in [0.15, 0.2) is 0 Å². The van der Waals surface area contributed by atoms with Crippen molar-refractivity contribution in [2.24, 2.45) is 0 Å². The molecule has 10 heteroatoms. The van der Waals surface area contributed by atoms with Crippen LogP contribution in [-0.4, -0.2) is 57.2 Å². The number of piperidine rings is 1. The number of thioether (sulfide) groups is 1. The molecular weight excluding hydrogens is 580 g/mol. The van der Waals surface area contributed by atoms with Gasteiger partial charge in [-0.25, -0.2) is 8.78 Å². The van der Waals surface area contributed by atoms with E-state index in [0.29, 0.717) is 45.4 Å². The molecule has 1 N–H and O–H groups in total. The molecule has 1 heterocycles. The molecule has 1 saturated heterocycles. The molecule has 0 bridgehead atoms. The second-order valence-corrected chi connectivity index (χ2v) is 12.8. The van der Waals surface area contributed by atoms with Crippen molar-refractivity contribution in [2.75, 3.05) is 38.8 Å². The van der Waals surface area contributed by atoms with Crippen LogP contribution < -0.4 is 8.92 Å². The maximum Gasteiger partial charge on any atom is 0.306 e. The lowest BCUT2D eigenvalue weighted by atomic mass is 9.88. The minimum absolute atomic E-state index is 0.117. The molecule has 0 amide bonds. The number of nitrogens with zero attached hydrogens (tertiary/aromatic N) is 1. The van der Waals surface area contributed by atoms with Gasteiger partial charge in [0.1, 0.15) is 35.8 Å². The summed E-state index contributed by atoms with van der Waals surface area (Å²) in [6.07, 6.45) is 5.20. The van der Waals surface area contributed by atoms with Crippen LogP contribution in [-0.2, 0) is 10.1 Å². The Bertz CT molecular complexity index is 1670. The molecule has 1 atom stereocenters. The number of likely N-dealkylation sites (tertiary alicyclic amines) is 1. The fourth-order valence-electron chi connectivity index (χ4n) is 5.44. The molecule has 1 aliphatic rings. The van der Waals surface area contributed by atoms with Gasteiger partial charge >= 0.3 is 10.1 Å². The summed E-state index contributed by atoms with van der Waals surface area (Å²) in [6.45, 7) is 3.61. The SMILES string of the molecule is CSc1c(F)cc(F)cc1-c1ccc2cc(OS(C)(=O)=O)ccc2c1C(O)c1ccc(OCCN2CCCCC2)cc1. The second-order valence-electron chi connectivity index (χ2n) is 10.4. The van der Waals surface area contributed by atoms with Gasteiger partial charge in [0.05, 0.1) is 11.2 Å². The summed E-state index contributed by atoms with van der Waals surface area (Å²) >= 11 is 1.15. The van der Waals surface area contributed by atoms with Gasteiger partial charge in [-0.2, -0.15) is 8.42 Å². The van der Waals surface area contributed by atoms with Crippen LogP contribution >= 0.6 is 11.8 Å². The highest BCUT2D eigenvalue weighted by atomic mass is 32.2. The molecule has 1 aliphatic heterocycles. The third-order valence-electron chi connectivity index (χ3n) is 7.38. The Kier molecular flexibility index (Phi) is 9.37. The van der Waals surface area contributed by atoms with E-state index < -0.39 is 27.9 Å². The first kappa shape index (κ1) is 30.3. The number of rotatable bonds is 10. The van der Waals surface area contributed by atoms with Crippen LogP contribution in [0.2, 0.25) is 0 Å². The number of benzene rings is 4. The average Bonchev–Trinajstić information content (AvgIpc) is 2.96. The van der Waals surface area contributed by atoms with Crippen molar-refractivity contribution in [1.82, 2.24) is 4.90 Å². The Hall–Kier alpha value is -3.18. The fraction of sp³-hybridized carbons (Fsp3) is 0.312. The van der Waals surface area contributed by atoms with Crippen molar-refractivity contribution in [3.8, 4) is 22.6 Å². The van der Waals surface area contributed by atoms with E-state index in [2.05, 4.69) is 4.90 Å². The van der Waals surface area contributed by atoms with Crippen LogP contribution in [0.1, 0.15) is 36.5 Å². The molecule has 4 aromatic carbocycles. The normalized spacial score (nSPS) is 15.1. The molecule has 5 rings (SSSR count). The number of aliphatic hydroxyl groups excluding tert-OH is 1. The minimum atomic E-state index is -3.75. The lowest BCUT2D eigenvalue weighted by Gasteiger charge is -2.26. The highest BCUT2D eigenvalue weighted by Crippen LogP contribution is 2.42. The first-order valence-corrected chi connectivity index (χ1v) is 16.8.